The zero-order valence-electron chi connectivity index (χ0n) is 24.5. The summed E-state index contributed by atoms with van der Waals surface area (Å²) in [6.45, 7) is 2.08. The molecule has 216 valence electrons. The smallest absolute Gasteiger partial charge is 0.143 e. The third kappa shape index (κ3) is 4.90. The molecule has 2 aliphatic heterocycles. The monoisotopic (exact) mass is 569 g/mol. The minimum atomic E-state index is -0.335. The van der Waals surface area contributed by atoms with Crippen molar-refractivity contribution in [3.8, 4) is 28.4 Å². The van der Waals surface area contributed by atoms with E-state index in [2.05, 4.69) is 71.6 Å². The summed E-state index contributed by atoms with van der Waals surface area (Å²) in [4.78, 5) is 2.44. The lowest BCUT2D eigenvalue weighted by Gasteiger charge is -2.30. The standard InChI is InChI=1S/C38H35NO4/c1-41-30-17-12-26-13-19-32-34(36-31(25-8-4-3-5-9-25)18-14-28(24-40)37(36)42-2)23-35(43-38(32)33(26)22-30)27-10-15-29(16-11-27)39-20-6-7-21-39/h3-5,8-19,22-23,35,40H,6-7,20-21,24H2,1-2H3. The largest absolute Gasteiger partial charge is 0.497 e. The van der Waals surface area contributed by atoms with E-state index in [1.54, 1.807) is 14.2 Å². The van der Waals surface area contributed by atoms with Crippen LogP contribution < -0.4 is 19.1 Å². The summed E-state index contributed by atoms with van der Waals surface area (Å²) in [5.41, 5.74) is 8.07. The molecule has 0 radical (unpaired) electrons. The van der Waals surface area contributed by atoms with Gasteiger partial charge in [0.05, 0.1) is 20.8 Å². The first kappa shape index (κ1) is 27.1. The highest BCUT2D eigenvalue weighted by atomic mass is 16.5. The van der Waals surface area contributed by atoms with Gasteiger partial charge in [-0.15, -0.1) is 0 Å². The average Bonchev–Trinajstić information content (AvgIpc) is 3.62. The van der Waals surface area contributed by atoms with Gasteiger partial charge in [-0.2, -0.15) is 0 Å². The Morgan fingerprint density at radius 2 is 1.56 bits per heavy atom. The first-order chi connectivity index (χ1) is 21.2. The van der Waals surface area contributed by atoms with Gasteiger partial charge < -0.3 is 24.2 Å². The van der Waals surface area contributed by atoms with Crippen LogP contribution in [-0.4, -0.2) is 32.4 Å². The van der Waals surface area contributed by atoms with E-state index in [1.165, 1.54) is 18.5 Å². The van der Waals surface area contributed by atoms with Gasteiger partial charge in [0, 0.05) is 40.9 Å². The Labute approximate surface area is 252 Å². The van der Waals surface area contributed by atoms with Gasteiger partial charge in [0.25, 0.3) is 0 Å². The number of fused-ring (bicyclic) bond motifs is 3. The van der Waals surface area contributed by atoms with E-state index in [-0.39, 0.29) is 12.7 Å². The molecular formula is C38H35NO4. The third-order valence-corrected chi connectivity index (χ3v) is 8.69. The lowest BCUT2D eigenvalue weighted by molar-refractivity contribution is 0.254. The highest BCUT2D eigenvalue weighted by molar-refractivity contribution is 6.01. The molecule has 1 saturated heterocycles. The maximum absolute atomic E-state index is 10.3. The number of ether oxygens (including phenoxy) is 3. The fourth-order valence-electron chi connectivity index (χ4n) is 6.48. The van der Waals surface area contributed by atoms with Crippen molar-refractivity contribution >= 4 is 22.0 Å². The van der Waals surface area contributed by atoms with Crippen molar-refractivity contribution in [2.24, 2.45) is 0 Å². The summed E-state index contributed by atoms with van der Waals surface area (Å²) >= 11 is 0. The topological polar surface area (TPSA) is 51.2 Å². The van der Waals surface area contributed by atoms with Crippen molar-refractivity contribution in [1.82, 2.24) is 0 Å². The van der Waals surface area contributed by atoms with Gasteiger partial charge in [-0.25, -0.2) is 0 Å². The number of benzene rings is 5. The second kappa shape index (κ2) is 11.5. The zero-order chi connectivity index (χ0) is 29.3. The molecule has 1 unspecified atom stereocenters. The lowest BCUT2D eigenvalue weighted by Crippen LogP contribution is -2.18. The van der Waals surface area contributed by atoms with Crippen molar-refractivity contribution in [3.63, 3.8) is 0 Å². The molecule has 2 heterocycles. The molecular weight excluding hydrogens is 534 g/mol. The molecule has 5 heteroatoms. The Morgan fingerprint density at radius 3 is 2.28 bits per heavy atom. The quantitative estimate of drug-likeness (QED) is 0.214. The Balaban J connectivity index is 1.47. The van der Waals surface area contributed by atoms with Gasteiger partial charge in [-0.3, -0.25) is 0 Å². The Kier molecular flexibility index (Phi) is 7.25. The van der Waals surface area contributed by atoms with Crippen molar-refractivity contribution in [1.29, 1.82) is 0 Å². The molecule has 2 aliphatic rings. The van der Waals surface area contributed by atoms with Gasteiger partial charge in [-0.1, -0.05) is 66.7 Å². The molecule has 0 bridgehead atoms. The number of anilines is 1. The zero-order valence-corrected chi connectivity index (χ0v) is 24.5. The number of aliphatic hydroxyl groups excluding tert-OH is 1. The molecule has 5 aromatic rings. The first-order valence-corrected chi connectivity index (χ1v) is 14.9. The van der Waals surface area contributed by atoms with Crippen LogP contribution in [0, 0.1) is 0 Å². The summed E-state index contributed by atoms with van der Waals surface area (Å²) < 4.78 is 18.6. The van der Waals surface area contributed by atoms with Gasteiger partial charge in [0.15, 0.2) is 0 Å². The average molecular weight is 570 g/mol. The Morgan fingerprint density at radius 1 is 0.814 bits per heavy atom. The van der Waals surface area contributed by atoms with E-state index < -0.39 is 0 Å². The molecule has 5 nitrogen and oxygen atoms in total. The highest BCUT2D eigenvalue weighted by Gasteiger charge is 2.29. The summed E-state index contributed by atoms with van der Waals surface area (Å²) in [5, 5.41) is 12.4. The molecule has 0 aromatic heterocycles. The van der Waals surface area contributed by atoms with Gasteiger partial charge in [0.2, 0.25) is 0 Å². The predicted molar refractivity (Wildman–Crippen MR) is 173 cm³/mol. The molecule has 1 fully saturated rings. The molecule has 1 N–H and O–H groups in total. The SMILES string of the molecule is COc1ccc2ccc3c(c2c1)OC(c1ccc(N2CCCC2)cc1)C=C3c1c(-c2ccccc2)ccc(CO)c1OC. The van der Waals surface area contributed by atoms with Gasteiger partial charge in [0.1, 0.15) is 23.4 Å². The van der Waals surface area contributed by atoms with Crippen molar-refractivity contribution in [2.45, 2.75) is 25.6 Å². The van der Waals surface area contributed by atoms with Crippen LogP contribution in [0.1, 0.15) is 41.2 Å². The molecule has 7 rings (SSSR count). The molecule has 0 spiro atoms. The predicted octanol–water partition coefficient (Wildman–Crippen LogP) is 8.18. The number of rotatable bonds is 7. The van der Waals surface area contributed by atoms with Crippen LogP contribution in [0.15, 0.2) is 103 Å². The first-order valence-electron chi connectivity index (χ1n) is 14.9. The van der Waals surface area contributed by atoms with E-state index >= 15 is 0 Å². The molecule has 1 atom stereocenters. The van der Waals surface area contributed by atoms with Crippen LogP contribution in [0.3, 0.4) is 0 Å². The van der Waals surface area contributed by atoms with Gasteiger partial charge in [-0.05, 0) is 76.9 Å². The number of hydrogen-bond donors (Lipinski definition) is 1. The van der Waals surface area contributed by atoms with E-state index in [0.717, 1.165) is 74.3 Å². The third-order valence-electron chi connectivity index (χ3n) is 8.69. The number of nitrogens with zero attached hydrogens (tertiary/aromatic N) is 1. The van der Waals surface area contributed by atoms with Crippen LogP contribution in [0.25, 0.3) is 27.5 Å². The highest BCUT2D eigenvalue weighted by Crippen LogP contribution is 2.50. The van der Waals surface area contributed by atoms with E-state index in [0.29, 0.717) is 5.75 Å². The second-order valence-corrected chi connectivity index (χ2v) is 11.1. The molecule has 0 aliphatic carbocycles. The molecule has 43 heavy (non-hydrogen) atoms. The van der Waals surface area contributed by atoms with E-state index in [1.807, 2.05) is 36.4 Å². The Bertz CT molecular complexity index is 1800. The fraction of sp³-hybridized carbons (Fsp3) is 0.211. The maximum Gasteiger partial charge on any atom is 0.143 e. The van der Waals surface area contributed by atoms with E-state index in [4.69, 9.17) is 14.2 Å². The number of methoxy groups -OCH3 is 2. The fourth-order valence-corrected chi connectivity index (χ4v) is 6.48. The van der Waals surface area contributed by atoms with Crippen LogP contribution in [0.2, 0.25) is 0 Å². The van der Waals surface area contributed by atoms with Crippen molar-refractivity contribution in [2.75, 3.05) is 32.2 Å². The molecule has 0 amide bonds. The lowest BCUT2D eigenvalue weighted by atomic mass is 9.84. The van der Waals surface area contributed by atoms with Crippen LogP contribution in [-0.2, 0) is 6.61 Å². The molecule has 5 aromatic carbocycles. The normalized spacial score (nSPS) is 16.0. The second-order valence-electron chi connectivity index (χ2n) is 11.1. The Hall–Kier alpha value is -4.74. The molecule has 0 saturated carbocycles. The summed E-state index contributed by atoms with van der Waals surface area (Å²) in [6.07, 6.45) is 4.35. The van der Waals surface area contributed by atoms with Crippen LogP contribution in [0.4, 0.5) is 5.69 Å². The van der Waals surface area contributed by atoms with E-state index in [9.17, 15) is 5.11 Å². The summed E-state index contributed by atoms with van der Waals surface area (Å²) in [5.74, 6) is 2.24. The number of aliphatic hydroxyl groups is 1. The van der Waals surface area contributed by atoms with Gasteiger partial charge >= 0.3 is 0 Å². The summed E-state index contributed by atoms with van der Waals surface area (Å²) in [7, 11) is 3.36. The minimum absolute atomic E-state index is 0.127. The minimum Gasteiger partial charge on any atom is -0.497 e. The summed E-state index contributed by atoms with van der Waals surface area (Å²) in [6, 6.07) is 33.5. The number of hydrogen-bond acceptors (Lipinski definition) is 5. The maximum atomic E-state index is 10.3. The van der Waals surface area contributed by atoms with Crippen LogP contribution >= 0.6 is 0 Å². The van der Waals surface area contributed by atoms with Crippen molar-refractivity contribution in [3.05, 3.63) is 125 Å². The van der Waals surface area contributed by atoms with Crippen LogP contribution in [0.5, 0.6) is 17.2 Å². The van der Waals surface area contributed by atoms with Crippen molar-refractivity contribution < 1.29 is 19.3 Å².